The predicted molar refractivity (Wildman–Crippen MR) is 74.2 cm³/mol. The number of rotatable bonds is 3. The first-order valence-electron chi connectivity index (χ1n) is 6.25. The predicted octanol–water partition coefficient (Wildman–Crippen LogP) is 2.37. The molecule has 3 rings (SSSR count). The van der Waals surface area contributed by atoms with Gasteiger partial charge in [-0.3, -0.25) is 4.72 Å². The van der Waals surface area contributed by atoms with Crippen molar-refractivity contribution in [1.82, 2.24) is 5.32 Å². The van der Waals surface area contributed by atoms with E-state index in [-0.39, 0.29) is 10.6 Å². The molecule has 2 aromatic rings. The summed E-state index contributed by atoms with van der Waals surface area (Å²) in [6.45, 7) is 1.31. The minimum Gasteiger partial charge on any atom is -0.309 e. The van der Waals surface area contributed by atoms with Gasteiger partial charge < -0.3 is 5.32 Å². The van der Waals surface area contributed by atoms with Gasteiger partial charge in [-0.25, -0.2) is 17.2 Å². The summed E-state index contributed by atoms with van der Waals surface area (Å²) >= 11 is 0. The molecule has 0 aromatic heterocycles. The van der Waals surface area contributed by atoms with Gasteiger partial charge in [-0.05, 0) is 35.4 Å². The Morgan fingerprint density at radius 2 is 1.62 bits per heavy atom. The van der Waals surface area contributed by atoms with Crippen LogP contribution in [0.2, 0.25) is 0 Å². The van der Waals surface area contributed by atoms with E-state index in [0.717, 1.165) is 23.3 Å². The number of benzene rings is 2. The molecule has 0 unspecified atom stereocenters. The fraction of sp³-hybridized carbons (Fsp3) is 0.143. The van der Waals surface area contributed by atoms with Gasteiger partial charge in [-0.2, -0.15) is 0 Å². The maximum Gasteiger partial charge on any atom is 0.261 e. The van der Waals surface area contributed by atoms with Crippen LogP contribution in [-0.2, 0) is 23.1 Å². The van der Waals surface area contributed by atoms with Crippen molar-refractivity contribution in [2.24, 2.45) is 0 Å². The smallest absolute Gasteiger partial charge is 0.261 e. The van der Waals surface area contributed by atoms with Crippen LogP contribution < -0.4 is 10.0 Å². The van der Waals surface area contributed by atoms with Crippen LogP contribution in [0.15, 0.2) is 41.3 Å². The summed E-state index contributed by atoms with van der Waals surface area (Å²) in [5.74, 6) is -1.68. The van der Waals surface area contributed by atoms with E-state index in [2.05, 4.69) is 10.0 Å². The summed E-state index contributed by atoms with van der Waals surface area (Å²) in [5, 5.41) is 3.12. The zero-order chi connectivity index (χ0) is 15.0. The minimum atomic E-state index is -3.88. The third-order valence-electron chi connectivity index (χ3n) is 3.23. The SMILES string of the molecule is O=S(=O)(Nc1cc(F)cc(F)c1)c1ccc2c(c1)CNC2. The molecule has 0 saturated heterocycles. The largest absolute Gasteiger partial charge is 0.309 e. The van der Waals surface area contributed by atoms with E-state index in [1.54, 1.807) is 12.1 Å². The van der Waals surface area contributed by atoms with Crippen molar-refractivity contribution in [3.63, 3.8) is 0 Å². The first-order chi connectivity index (χ1) is 9.94. The van der Waals surface area contributed by atoms with Crippen molar-refractivity contribution in [1.29, 1.82) is 0 Å². The molecule has 0 saturated carbocycles. The average Bonchev–Trinajstić information content (AvgIpc) is 2.83. The molecule has 0 radical (unpaired) electrons. The van der Waals surface area contributed by atoms with Gasteiger partial charge in [-0.15, -0.1) is 0 Å². The lowest BCUT2D eigenvalue weighted by Gasteiger charge is -2.09. The topological polar surface area (TPSA) is 58.2 Å². The summed E-state index contributed by atoms with van der Waals surface area (Å²) in [4.78, 5) is 0.0645. The lowest BCUT2D eigenvalue weighted by molar-refractivity contribution is 0.584. The van der Waals surface area contributed by atoms with Crippen LogP contribution in [0.5, 0.6) is 0 Å². The van der Waals surface area contributed by atoms with Gasteiger partial charge in [-0.1, -0.05) is 6.07 Å². The first kappa shape index (κ1) is 14.0. The lowest BCUT2D eigenvalue weighted by atomic mass is 10.1. The van der Waals surface area contributed by atoms with Crippen molar-refractivity contribution in [2.45, 2.75) is 18.0 Å². The van der Waals surface area contributed by atoms with Crippen LogP contribution in [0.4, 0.5) is 14.5 Å². The molecule has 7 heteroatoms. The number of fused-ring (bicyclic) bond motifs is 1. The van der Waals surface area contributed by atoms with Gasteiger partial charge in [0.2, 0.25) is 0 Å². The van der Waals surface area contributed by atoms with E-state index in [9.17, 15) is 17.2 Å². The molecule has 0 fully saturated rings. The van der Waals surface area contributed by atoms with Gasteiger partial charge >= 0.3 is 0 Å². The molecule has 1 heterocycles. The van der Waals surface area contributed by atoms with E-state index in [1.807, 2.05) is 0 Å². The second-order valence-electron chi connectivity index (χ2n) is 4.80. The molecular formula is C14H12F2N2O2S. The molecule has 2 aromatic carbocycles. The van der Waals surface area contributed by atoms with Crippen LogP contribution in [0.1, 0.15) is 11.1 Å². The Bertz CT molecular complexity index is 786. The van der Waals surface area contributed by atoms with E-state index in [4.69, 9.17) is 0 Å². The molecule has 1 aliphatic heterocycles. The Hall–Kier alpha value is -1.99. The highest BCUT2D eigenvalue weighted by molar-refractivity contribution is 7.92. The Morgan fingerprint density at radius 3 is 2.33 bits per heavy atom. The summed E-state index contributed by atoms with van der Waals surface area (Å²) in [5.41, 5.74) is 1.81. The molecule has 0 spiro atoms. The van der Waals surface area contributed by atoms with Gasteiger partial charge in [0.1, 0.15) is 11.6 Å². The quantitative estimate of drug-likeness (QED) is 0.915. The minimum absolute atomic E-state index is 0.0645. The fourth-order valence-corrected chi connectivity index (χ4v) is 3.36. The lowest BCUT2D eigenvalue weighted by Crippen LogP contribution is -2.13. The maximum absolute atomic E-state index is 13.1. The van der Waals surface area contributed by atoms with E-state index in [0.29, 0.717) is 19.2 Å². The normalized spacial score (nSPS) is 14.0. The molecule has 4 nitrogen and oxygen atoms in total. The molecular weight excluding hydrogens is 298 g/mol. The zero-order valence-corrected chi connectivity index (χ0v) is 11.7. The zero-order valence-electron chi connectivity index (χ0n) is 10.9. The van der Waals surface area contributed by atoms with Crippen molar-refractivity contribution >= 4 is 15.7 Å². The van der Waals surface area contributed by atoms with Crippen LogP contribution in [-0.4, -0.2) is 8.42 Å². The molecule has 110 valence electrons. The summed E-state index contributed by atoms with van der Waals surface area (Å²) in [6.07, 6.45) is 0. The Balaban J connectivity index is 1.93. The van der Waals surface area contributed by atoms with Crippen LogP contribution in [0, 0.1) is 11.6 Å². The first-order valence-corrected chi connectivity index (χ1v) is 7.74. The fourth-order valence-electron chi connectivity index (χ4n) is 2.27. The van der Waals surface area contributed by atoms with Crippen LogP contribution in [0.25, 0.3) is 0 Å². The van der Waals surface area contributed by atoms with Crippen molar-refractivity contribution < 1.29 is 17.2 Å². The number of hydrogen-bond acceptors (Lipinski definition) is 3. The van der Waals surface area contributed by atoms with Crippen LogP contribution >= 0.6 is 0 Å². The Morgan fingerprint density at radius 1 is 0.952 bits per heavy atom. The second-order valence-corrected chi connectivity index (χ2v) is 6.48. The summed E-state index contributed by atoms with van der Waals surface area (Å²) < 4.78 is 52.9. The molecule has 1 aliphatic rings. The number of nitrogens with one attached hydrogen (secondary N) is 2. The molecule has 0 amide bonds. The molecule has 21 heavy (non-hydrogen) atoms. The van der Waals surface area contributed by atoms with Gasteiger partial charge in [0, 0.05) is 19.2 Å². The average molecular weight is 310 g/mol. The Labute approximate surface area is 120 Å². The maximum atomic E-state index is 13.1. The van der Waals surface area contributed by atoms with Gasteiger partial charge in [0.05, 0.1) is 10.6 Å². The van der Waals surface area contributed by atoms with Crippen molar-refractivity contribution in [3.8, 4) is 0 Å². The van der Waals surface area contributed by atoms with Gasteiger partial charge in [0.25, 0.3) is 10.0 Å². The second kappa shape index (κ2) is 5.09. The number of sulfonamides is 1. The summed E-state index contributed by atoms with van der Waals surface area (Å²) in [6, 6.07) is 7.30. The number of hydrogen-bond donors (Lipinski definition) is 2. The van der Waals surface area contributed by atoms with E-state index in [1.165, 1.54) is 6.07 Å². The highest BCUT2D eigenvalue weighted by atomic mass is 32.2. The van der Waals surface area contributed by atoms with Crippen molar-refractivity contribution in [2.75, 3.05) is 4.72 Å². The van der Waals surface area contributed by atoms with E-state index >= 15 is 0 Å². The van der Waals surface area contributed by atoms with Crippen molar-refractivity contribution in [3.05, 3.63) is 59.2 Å². The molecule has 2 N–H and O–H groups in total. The monoisotopic (exact) mass is 310 g/mol. The third-order valence-corrected chi connectivity index (χ3v) is 4.61. The standard InChI is InChI=1S/C14H12F2N2O2S/c15-11-4-12(16)6-13(5-11)18-21(19,20)14-2-1-9-7-17-8-10(9)3-14/h1-6,17-18H,7-8H2. The molecule has 0 atom stereocenters. The molecule has 0 aliphatic carbocycles. The molecule has 0 bridgehead atoms. The third kappa shape index (κ3) is 2.88. The van der Waals surface area contributed by atoms with Gasteiger partial charge in [0.15, 0.2) is 0 Å². The summed E-state index contributed by atoms with van der Waals surface area (Å²) in [7, 11) is -3.88. The van der Waals surface area contributed by atoms with E-state index < -0.39 is 21.7 Å². The number of halogens is 2. The van der Waals surface area contributed by atoms with Crippen LogP contribution in [0.3, 0.4) is 0 Å². The number of anilines is 1. The highest BCUT2D eigenvalue weighted by Gasteiger charge is 2.18. The Kier molecular flexibility index (Phi) is 3.38. The highest BCUT2D eigenvalue weighted by Crippen LogP contribution is 2.22.